The summed E-state index contributed by atoms with van der Waals surface area (Å²) in [5, 5.41) is 149. The summed E-state index contributed by atoms with van der Waals surface area (Å²) in [5.41, 5.74) is -7.45. The number of carbonyl (C=O) groups is 11. The Balaban J connectivity index is 0.000000190. The van der Waals surface area contributed by atoms with Gasteiger partial charge in [0.15, 0.2) is 51.5 Å². The second-order valence-electron chi connectivity index (χ2n) is 38.4. The molecule has 0 radical (unpaired) electrons. The van der Waals surface area contributed by atoms with Crippen LogP contribution in [0.15, 0.2) is 75.0 Å². The van der Waals surface area contributed by atoms with Crippen molar-refractivity contribution in [1.29, 1.82) is 0 Å². The summed E-state index contributed by atoms with van der Waals surface area (Å²) in [5.74, 6) is -21.5. The van der Waals surface area contributed by atoms with Crippen molar-refractivity contribution in [3.05, 3.63) is 123 Å². The third-order valence-electron chi connectivity index (χ3n) is 25.3. The number of hydrogen-bond acceptors (Lipinski definition) is 29. The lowest BCUT2D eigenvalue weighted by atomic mass is 9.54. The Hall–Kier alpha value is -9.28. The summed E-state index contributed by atoms with van der Waals surface area (Å²) in [7, 11) is 16.7. The third-order valence-corrected chi connectivity index (χ3v) is 26.2. The standard InChI is InChI=1S/C33H44N2O8.C31H40INO8.C26H30N2O8/c1-16(36)12-22(37)25-29(40)26(35(7)8)20-14-18-13-19-21(34(5)6)15-17(10-9-11-32(2,3)4)27(38)24(19)28(39)23(18)30(41)33(20,43)31(25)42;1-12-16-14(32)10-13(30(5,6)7)23(35)19(16)24(36)20-17(12)25(37)21-22(33(8)9)26(38)18(15(34)11-29(2,3)4)27(39)31(21,41)28(20)40;1-11(29)8-17(31)20-23(33)21(28(4)5)14-10-12-9-13-15(27(2)3)6-7-16(30)19(13)22(32)18(12)24(34)26(14,36)25(20)35/h15,18,20,26,38-39,42-43H,9-14H2,1-8H3;10,12,17,21-22,25,35-37,39,41H,11H2,1-9H3;6-7,12,14,21,30,32,35-36H,8-10H2,1-5H3/t18-,20-,26-,33-;12-,17+,21+,22-,25-,31+;12-,14-,21-,26-/m000/s1. The number of aliphatic hydroxyl groups excluding tert-OH is 7. The zero-order chi connectivity index (χ0) is 90.5. The number of ketones is 11. The highest BCUT2D eigenvalue weighted by Gasteiger charge is 2.70. The van der Waals surface area contributed by atoms with Gasteiger partial charge in [0.2, 0.25) is 17.3 Å². The van der Waals surface area contributed by atoms with Gasteiger partial charge in [-0.1, -0.05) is 69.2 Å². The van der Waals surface area contributed by atoms with E-state index in [0.29, 0.717) is 37.8 Å². The molecule has 0 unspecified atom stereocenters. The van der Waals surface area contributed by atoms with Gasteiger partial charge in [0.1, 0.15) is 80.1 Å². The van der Waals surface area contributed by atoms with Crippen molar-refractivity contribution in [3.63, 3.8) is 0 Å². The molecular weight excluding hydrogens is 1660 g/mol. The molecule has 3 aromatic carbocycles. The molecular formula is C90H114IN5O24. The molecule has 0 aliphatic heterocycles. The van der Waals surface area contributed by atoms with Crippen molar-refractivity contribution in [2.24, 2.45) is 46.3 Å². The van der Waals surface area contributed by atoms with Crippen LogP contribution in [0, 0.1) is 49.9 Å². The number of aromatic hydroxyl groups is 3. The van der Waals surface area contributed by atoms with E-state index in [9.17, 15) is 119 Å². The number of halogens is 1. The van der Waals surface area contributed by atoms with Crippen molar-refractivity contribution in [1.82, 2.24) is 14.7 Å². The number of benzene rings is 3. The van der Waals surface area contributed by atoms with Gasteiger partial charge in [0.05, 0.1) is 59.7 Å². The van der Waals surface area contributed by atoms with E-state index in [1.54, 1.807) is 76.0 Å². The van der Waals surface area contributed by atoms with Gasteiger partial charge >= 0.3 is 0 Å². The van der Waals surface area contributed by atoms with E-state index >= 15 is 0 Å². The highest BCUT2D eigenvalue weighted by atomic mass is 127. The molecule has 3 fully saturated rings. The van der Waals surface area contributed by atoms with Gasteiger partial charge in [-0.15, -0.1) is 0 Å². The molecule has 0 aromatic heterocycles. The predicted molar refractivity (Wildman–Crippen MR) is 453 cm³/mol. The first-order valence-corrected chi connectivity index (χ1v) is 41.2. The van der Waals surface area contributed by atoms with Crippen LogP contribution in [0.2, 0.25) is 0 Å². The molecule has 120 heavy (non-hydrogen) atoms. The number of fused-ring (bicyclic) bond motifs is 9. The Morgan fingerprint density at radius 3 is 1.33 bits per heavy atom. The van der Waals surface area contributed by atoms with E-state index in [1.165, 1.54) is 34.9 Å². The number of anilines is 2. The molecule has 0 amide bonds. The van der Waals surface area contributed by atoms with E-state index in [2.05, 4.69) is 43.4 Å². The summed E-state index contributed by atoms with van der Waals surface area (Å²) in [4.78, 5) is 154. The van der Waals surface area contributed by atoms with Crippen molar-refractivity contribution in [2.45, 2.75) is 200 Å². The number of nitrogens with zero attached hydrogens (tertiary/aromatic N) is 5. The number of hydrogen-bond donors (Lipinski definition) is 13. The molecule has 0 heterocycles. The first-order valence-electron chi connectivity index (χ1n) is 40.1. The largest absolute Gasteiger partial charge is 0.508 e. The maximum absolute atomic E-state index is 14.3. The van der Waals surface area contributed by atoms with Crippen LogP contribution >= 0.6 is 22.6 Å². The molecule has 13 N–H and O–H groups in total. The van der Waals surface area contributed by atoms with Crippen LogP contribution in [0.1, 0.15) is 178 Å². The van der Waals surface area contributed by atoms with Crippen LogP contribution in [-0.4, -0.2) is 256 Å². The molecule has 0 saturated heterocycles. The van der Waals surface area contributed by atoms with E-state index < -0.39 is 221 Å². The zero-order valence-electron chi connectivity index (χ0n) is 72.1. The molecule has 3 aromatic rings. The summed E-state index contributed by atoms with van der Waals surface area (Å²) in [6.07, 6.45) is -0.283. The van der Waals surface area contributed by atoms with Crippen LogP contribution in [0.4, 0.5) is 11.4 Å². The molecule has 0 bridgehead atoms. The van der Waals surface area contributed by atoms with Crippen LogP contribution < -0.4 is 9.80 Å². The summed E-state index contributed by atoms with van der Waals surface area (Å²) in [6.45, 7) is 21.5. The van der Waals surface area contributed by atoms with Gasteiger partial charge in [-0.2, -0.15) is 0 Å². The number of likely N-dealkylation sites (N-methyl/N-ethyl adjacent to an activating group) is 3. The average Bonchev–Trinajstić information content (AvgIpc) is 0.680. The lowest BCUT2D eigenvalue weighted by Crippen LogP contribution is -2.70. The van der Waals surface area contributed by atoms with E-state index in [4.69, 9.17) is 0 Å². The van der Waals surface area contributed by atoms with Gasteiger partial charge in [-0.25, -0.2) is 0 Å². The summed E-state index contributed by atoms with van der Waals surface area (Å²) < 4.78 is 0.709. The molecule has 3 saturated carbocycles. The molecule has 650 valence electrons. The molecule has 14 atom stereocenters. The Bertz CT molecular complexity index is 5160. The number of phenols is 3. The Morgan fingerprint density at radius 2 is 0.917 bits per heavy atom. The number of phenolic OH excluding ortho intramolecular Hbond substituents is 3. The molecule has 29 nitrogen and oxygen atoms in total. The molecule has 30 heteroatoms. The molecule has 9 aliphatic rings. The second kappa shape index (κ2) is 32.5. The SMILES string of the molecule is CC(=O)CC(=O)C1=C(O)[C@@]2(O)C(=O)C3=C(O)c4c(O)c(CCCC(C)(C)C)cc(N(C)C)c4C[C@H]3C[C@H]2[C@H](N(C)C)C1=O.CC(=O)CC(=O)C1=C(O)[C@@]2(O)C(=O)C3=C(O)c4c(O)ccc(N(C)C)c4C[C@H]3C[C@H]2[C@H](N(C)C)C1=O.C[C@H]1c2c(I)cc(C(C)(C)C)c(O)c2C(O)=C2C(=O)[C@]3(O)C(O)=C(C(=O)CC(C)(C)C)C(=O)[C@@H](N(C)C)[C@@H]3[C@@H](O)[C@@H]21. The number of rotatable bonds is 16. The topological polar surface area (TPSA) is 467 Å². The molecule has 9 aliphatic carbocycles. The monoisotopic (exact) mass is 1780 g/mol. The van der Waals surface area contributed by atoms with Crippen LogP contribution in [0.3, 0.4) is 0 Å². The fourth-order valence-corrected chi connectivity index (χ4v) is 21.0. The predicted octanol–water partition coefficient (Wildman–Crippen LogP) is 8.47. The van der Waals surface area contributed by atoms with Crippen molar-refractivity contribution in [2.75, 3.05) is 80.3 Å². The van der Waals surface area contributed by atoms with Crippen LogP contribution in [-0.2, 0) is 77.4 Å². The van der Waals surface area contributed by atoms with E-state index in [0.717, 1.165) is 38.1 Å². The van der Waals surface area contributed by atoms with Crippen molar-refractivity contribution < 1.29 is 119 Å². The molecule has 0 spiro atoms. The van der Waals surface area contributed by atoms with E-state index in [1.807, 2.05) is 56.8 Å². The Labute approximate surface area is 711 Å². The highest BCUT2D eigenvalue weighted by molar-refractivity contribution is 14.1. The van der Waals surface area contributed by atoms with Gasteiger partial charge in [-0.05, 0) is 204 Å². The number of Topliss-reactive ketones (excluding diaryl/α,β-unsaturated/α-hetero) is 11. The third kappa shape index (κ3) is 15.2. The average molecular weight is 1780 g/mol. The summed E-state index contributed by atoms with van der Waals surface area (Å²) in [6, 6.07) is 3.21. The highest BCUT2D eigenvalue weighted by Crippen LogP contribution is 2.61. The van der Waals surface area contributed by atoms with Gasteiger partial charge in [0.25, 0.3) is 0 Å². The van der Waals surface area contributed by atoms with Crippen LogP contribution in [0.5, 0.6) is 17.2 Å². The van der Waals surface area contributed by atoms with E-state index in [-0.39, 0.29) is 88.2 Å². The lowest BCUT2D eigenvalue weighted by Gasteiger charge is -2.54. The molecule has 12 rings (SSSR count). The van der Waals surface area contributed by atoms with Crippen molar-refractivity contribution in [3.8, 4) is 17.2 Å². The van der Waals surface area contributed by atoms with Gasteiger partial charge in [0, 0.05) is 89.6 Å². The number of aryl methyl sites for hydroxylation is 1. The van der Waals surface area contributed by atoms with Gasteiger partial charge < -0.3 is 76.2 Å². The fourth-order valence-electron chi connectivity index (χ4n) is 20.0. The Morgan fingerprint density at radius 1 is 0.508 bits per heavy atom. The minimum absolute atomic E-state index is 0.0340. The minimum Gasteiger partial charge on any atom is -0.508 e. The number of carbonyl (C=O) groups excluding carboxylic acids is 11. The second-order valence-corrected chi connectivity index (χ2v) is 39.5. The first kappa shape index (κ1) is 93.0. The maximum atomic E-state index is 14.3. The van der Waals surface area contributed by atoms with Gasteiger partial charge in [-0.3, -0.25) is 67.4 Å². The smallest absolute Gasteiger partial charge is 0.202 e. The normalized spacial score (nSPS) is 27.8. The maximum Gasteiger partial charge on any atom is 0.202 e. The minimum atomic E-state index is -2.87. The van der Waals surface area contributed by atoms with Crippen LogP contribution in [0.25, 0.3) is 17.3 Å². The quantitative estimate of drug-likeness (QED) is 0.0363. The zero-order valence-corrected chi connectivity index (χ0v) is 74.3. The van der Waals surface area contributed by atoms with Crippen molar-refractivity contribution >= 4 is 115 Å². The first-order chi connectivity index (χ1) is 55.1. The number of aliphatic hydroxyl groups is 10. The lowest BCUT2D eigenvalue weighted by molar-refractivity contribution is -0.169. The Kier molecular flexibility index (Phi) is 25.2. The summed E-state index contributed by atoms with van der Waals surface area (Å²) >= 11 is 2.10. The fraction of sp³-hybridized carbons (Fsp3) is 0.544.